The molecule has 2 heterocycles. The molecule has 1 unspecified atom stereocenters. The van der Waals surface area contributed by atoms with Crippen molar-refractivity contribution in [3.8, 4) is 11.6 Å². The van der Waals surface area contributed by atoms with Crippen molar-refractivity contribution < 1.29 is 9.47 Å². The van der Waals surface area contributed by atoms with Crippen molar-refractivity contribution in [1.82, 2.24) is 14.9 Å². The van der Waals surface area contributed by atoms with Crippen LogP contribution in [-0.2, 0) is 6.54 Å². The SMILES string of the molecule is COc1cccc(CN2CCCC(Nc3nccc(OC)n3)C2)c1. The molecule has 0 spiro atoms. The summed E-state index contributed by atoms with van der Waals surface area (Å²) in [4.78, 5) is 11.1. The lowest BCUT2D eigenvalue weighted by molar-refractivity contribution is 0.208. The van der Waals surface area contributed by atoms with E-state index in [2.05, 4.69) is 32.3 Å². The lowest BCUT2D eigenvalue weighted by Gasteiger charge is -2.33. The van der Waals surface area contributed by atoms with Crippen molar-refractivity contribution in [2.24, 2.45) is 0 Å². The molecular formula is C18H24N4O2. The minimum atomic E-state index is 0.344. The first kappa shape index (κ1) is 16.5. The number of nitrogens with zero attached hydrogens (tertiary/aromatic N) is 3. The van der Waals surface area contributed by atoms with E-state index in [-0.39, 0.29) is 0 Å². The Morgan fingerprint density at radius 1 is 1.25 bits per heavy atom. The second-order valence-electron chi connectivity index (χ2n) is 5.99. The molecule has 0 saturated carbocycles. The maximum atomic E-state index is 5.31. The summed E-state index contributed by atoms with van der Waals surface area (Å²) in [6.45, 7) is 3.00. The van der Waals surface area contributed by atoms with E-state index in [0.29, 0.717) is 17.9 Å². The first-order chi connectivity index (χ1) is 11.8. The highest BCUT2D eigenvalue weighted by Gasteiger charge is 2.20. The fraction of sp³-hybridized carbons (Fsp3) is 0.444. The zero-order chi connectivity index (χ0) is 16.8. The molecule has 24 heavy (non-hydrogen) atoms. The molecule has 0 amide bonds. The van der Waals surface area contributed by atoms with Gasteiger partial charge < -0.3 is 14.8 Å². The zero-order valence-electron chi connectivity index (χ0n) is 14.2. The molecule has 0 radical (unpaired) electrons. The minimum Gasteiger partial charge on any atom is -0.497 e. The van der Waals surface area contributed by atoms with E-state index < -0.39 is 0 Å². The van der Waals surface area contributed by atoms with E-state index in [1.807, 2.05) is 12.1 Å². The fourth-order valence-corrected chi connectivity index (χ4v) is 3.05. The van der Waals surface area contributed by atoms with Crippen LogP contribution in [0.15, 0.2) is 36.5 Å². The topological polar surface area (TPSA) is 59.5 Å². The van der Waals surface area contributed by atoms with Gasteiger partial charge in [0.25, 0.3) is 0 Å². The summed E-state index contributed by atoms with van der Waals surface area (Å²) in [7, 11) is 3.32. The van der Waals surface area contributed by atoms with Crippen LogP contribution in [0.3, 0.4) is 0 Å². The molecule has 6 heteroatoms. The first-order valence-electron chi connectivity index (χ1n) is 8.25. The molecule has 1 aromatic carbocycles. The average Bonchev–Trinajstić information content (AvgIpc) is 2.62. The van der Waals surface area contributed by atoms with Crippen LogP contribution < -0.4 is 14.8 Å². The van der Waals surface area contributed by atoms with E-state index in [4.69, 9.17) is 9.47 Å². The summed E-state index contributed by atoms with van der Waals surface area (Å²) in [6, 6.07) is 10.4. The van der Waals surface area contributed by atoms with Crippen LogP contribution in [0.2, 0.25) is 0 Å². The highest BCUT2D eigenvalue weighted by atomic mass is 16.5. The molecule has 1 N–H and O–H groups in total. The molecule has 2 aromatic rings. The van der Waals surface area contributed by atoms with Gasteiger partial charge >= 0.3 is 0 Å². The molecule has 1 aliphatic heterocycles. The van der Waals surface area contributed by atoms with Gasteiger partial charge in [-0.25, -0.2) is 4.98 Å². The zero-order valence-corrected chi connectivity index (χ0v) is 14.2. The third kappa shape index (κ3) is 4.35. The molecule has 6 nitrogen and oxygen atoms in total. The van der Waals surface area contributed by atoms with E-state index in [1.165, 1.54) is 5.56 Å². The number of nitrogens with one attached hydrogen (secondary N) is 1. The third-order valence-corrected chi connectivity index (χ3v) is 4.22. The Balaban J connectivity index is 1.59. The standard InChI is InChI=1S/C18H24N4O2/c1-23-16-7-3-5-14(11-16)12-22-10-4-6-15(13-22)20-18-19-9-8-17(21-18)24-2/h3,5,7-9,11,15H,4,6,10,12-13H2,1-2H3,(H,19,20,21). The van der Waals surface area contributed by atoms with Crippen LogP contribution in [0.25, 0.3) is 0 Å². The van der Waals surface area contributed by atoms with Gasteiger partial charge in [0.2, 0.25) is 11.8 Å². The number of hydrogen-bond acceptors (Lipinski definition) is 6. The molecule has 0 aliphatic carbocycles. The van der Waals surface area contributed by atoms with Gasteiger partial charge in [0, 0.05) is 31.4 Å². The van der Waals surface area contributed by atoms with Gasteiger partial charge in [0.1, 0.15) is 5.75 Å². The molecule has 1 fully saturated rings. The maximum absolute atomic E-state index is 5.31. The molecule has 128 valence electrons. The number of ether oxygens (including phenoxy) is 2. The molecule has 1 atom stereocenters. The van der Waals surface area contributed by atoms with E-state index in [0.717, 1.165) is 38.2 Å². The second kappa shape index (κ2) is 7.97. The number of rotatable bonds is 6. The molecule has 3 rings (SSSR count). The van der Waals surface area contributed by atoms with Crippen LogP contribution in [0.1, 0.15) is 18.4 Å². The van der Waals surface area contributed by atoms with Crippen molar-refractivity contribution >= 4 is 5.95 Å². The van der Waals surface area contributed by atoms with Crippen LogP contribution in [0.4, 0.5) is 5.95 Å². The van der Waals surface area contributed by atoms with Crippen molar-refractivity contribution in [2.75, 3.05) is 32.6 Å². The number of anilines is 1. The Kier molecular flexibility index (Phi) is 5.48. The van der Waals surface area contributed by atoms with Crippen LogP contribution in [-0.4, -0.2) is 48.2 Å². The highest BCUT2D eigenvalue weighted by molar-refractivity contribution is 5.30. The summed E-state index contributed by atoms with van der Waals surface area (Å²) >= 11 is 0. The normalized spacial score (nSPS) is 18.2. The van der Waals surface area contributed by atoms with Crippen molar-refractivity contribution in [3.63, 3.8) is 0 Å². The van der Waals surface area contributed by atoms with E-state index in [1.54, 1.807) is 26.5 Å². The highest BCUT2D eigenvalue weighted by Crippen LogP contribution is 2.19. The first-order valence-corrected chi connectivity index (χ1v) is 8.25. The largest absolute Gasteiger partial charge is 0.497 e. The molecule has 0 bridgehead atoms. The number of hydrogen-bond donors (Lipinski definition) is 1. The van der Waals surface area contributed by atoms with E-state index in [9.17, 15) is 0 Å². The number of piperidine rings is 1. The summed E-state index contributed by atoms with van der Waals surface area (Å²) in [5.41, 5.74) is 1.27. The van der Waals surface area contributed by atoms with E-state index >= 15 is 0 Å². The predicted octanol–water partition coefficient (Wildman–Crippen LogP) is 2.57. The average molecular weight is 328 g/mol. The minimum absolute atomic E-state index is 0.344. The lowest BCUT2D eigenvalue weighted by atomic mass is 10.0. The lowest BCUT2D eigenvalue weighted by Crippen LogP contribution is -2.41. The van der Waals surface area contributed by atoms with Crippen LogP contribution in [0.5, 0.6) is 11.6 Å². The summed E-state index contributed by atoms with van der Waals surface area (Å²) in [6.07, 6.45) is 3.99. The van der Waals surface area contributed by atoms with Gasteiger partial charge in [-0.05, 0) is 37.1 Å². The Hall–Kier alpha value is -2.34. The van der Waals surface area contributed by atoms with Gasteiger partial charge in [-0.1, -0.05) is 12.1 Å². The molecule has 1 aliphatic rings. The van der Waals surface area contributed by atoms with Crippen molar-refractivity contribution in [3.05, 3.63) is 42.1 Å². The maximum Gasteiger partial charge on any atom is 0.226 e. The Labute approximate surface area is 142 Å². The number of methoxy groups -OCH3 is 2. The Morgan fingerprint density at radius 2 is 2.17 bits per heavy atom. The van der Waals surface area contributed by atoms with Gasteiger partial charge in [-0.2, -0.15) is 4.98 Å². The fourth-order valence-electron chi connectivity index (χ4n) is 3.05. The number of benzene rings is 1. The second-order valence-corrected chi connectivity index (χ2v) is 5.99. The Bertz CT molecular complexity index is 609. The quantitative estimate of drug-likeness (QED) is 0.879. The summed E-state index contributed by atoms with van der Waals surface area (Å²) in [5, 5.41) is 3.43. The van der Waals surface area contributed by atoms with Crippen molar-refractivity contribution in [2.45, 2.75) is 25.4 Å². The van der Waals surface area contributed by atoms with Gasteiger partial charge in [-0.3, -0.25) is 4.90 Å². The van der Waals surface area contributed by atoms with Gasteiger partial charge in [0.15, 0.2) is 0 Å². The monoisotopic (exact) mass is 328 g/mol. The molecule has 1 aromatic heterocycles. The van der Waals surface area contributed by atoms with Crippen molar-refractivity contribution in [1.29, 1.82) is 0 Å². The molecule has 1 saturated heterocycles. The smallest absolute Gasteiger partial charge is 0.226 e. The summed E-state index contributed by atoms with van der Waals surface area (Å²) in [5.74, 6) is 2.11. The molecular weight excluding hydrogens is 304 g/mol. The predicted molar refractivity (Wildman–Crippen MR) is 93.5 cm³/mol. The Morgan fingerprint density at radius 3 is 3.00 bits per heavy atom. The van der Waals surface area contributed by atoms with Crippen LogP contribution in [0, 0.1) is 0 Å². The van der Waals surface area contributed by atoms with Crippen LogP contribution >= 0.6 is 0 Å². The third-order valence-electron chi connectivity index (χ3n) is 4.22. The van der Waals surface area contributed by atoms with Gasteiger partial charge in [0.05, 0.1) is 14.2 Å². The summed E-state index contributed by atoms with van der Waals surface area (Å²) < 4.78 is 10.5. The van der Waals surface area contributed by atoms with Gasteiger partial charge in [-0.15, -0.1) is 0 Å². The number of likely N-dealkylation sites (tertiary alicyclic amines) is 1. The number of aromatic nitrogens is 2.